The lowest BCUT2D eigenvalue weighted by atomic mass is 9.96. The third-order valence-electron chi connectivity index (χ3n) is 6.80. The lowest BCUT2D eigenvalue weighted by molar-refractivity contribution is -0.128. The van der Waals surface area contributed by atoms with E-state index in [2.05, 4.69) is 16.5 Å². The Kier molecular flexibility index (Phi) is 5.73. The van der Waals surface area contributed by atoms with Crippen LogP contribution < -0.4 is 10.6 Å². The predicted octanol–water partition coefficient (Wildman–Crippen LogP) is 4.19. The van der Waals surface area contributed by atoms with Crippen molar-refractivity contribution in [2.75, 3.05) is 43.9 Å². The summed E-state index contributed by atoms with van der Waals surface area (Å²) in [7, 11) is 1.99. The van der Waals surface area contributed by atoms with Crippen molar-refractivity contribution >= 4 is 55.8 Å². The normalized spacial score (nSPS) is 18.4. The van der Waals surface area contributed by atoms with E-state index in [1.54, 1.807) is 11.0 Å². The van der Waals surface area contributed by atoms with Crippen LogP contribution in [0.15, 0.2) is 36.9 Å². The van der Waals surface area contributed by atoms with Gasteiger partial charge in [-0.15, -0.1) is 0 Å². The standard InChI is InChI=1S/C25H26ClN5O2S/c1-4-21(32)30-9-10-31-15(13-30)7-8-29(3)20-12-17(19(26)11-18(20)24(31)33)16-6-5-14(2)23-22(16)28-25(27)34-23/h4-6,11-12,15H,1,7-10,13H2,2-3H3,(H2,27,28)/t15-/m0/s1. The molecule has 176 valence electrons. The molecule has 0 bridgehead atoms. The van der Waals surface area contributed by atoms with Gasteiger partial charge in [0, 0.05) is 55.1 Å². The molecule has 1 atom stereocenters. The largest absolute Gasteiger partial charge is 0.375 e. The molecule has 2 amide bonds. The van der Waals surface area contributed by atoms with Crippen molar-refractivity contribution in [2.24, 2.45) is 0 Å². The molecular weight excluding hydrogens is 470 g/mol. The summed E-state index contributed by atoms with van der Waals surface area (Å²) in [5.41, 5.74) is 11.1. The van der Waals surface area contributed by atoms with Crippen LogP contribution in [-0.4, -0.2) is 65.9 Å². The first-order valence-corrected chi connectivity index (χ1v) is 12.4. The highest BCUT2D eigenvalue weighted by molar-refractivity contribution is 7.22. The number of hydrogen-bond acceptors (Lipinski definition) is 6. The van der Waals surface area contributed by atoms with Crippen LogP contribution in [0.4, 0.5) is 10.8 Å². The molecule has 1 aromatic heterocycles. The van der Waals surface area contributed by atoms with Crippen molar-refractivity contribution in [3.05, 3.63) is 53.1 Å². The summed E-state index contributed by atoms with van der Waals surface area (Å²) in [5, 5.41) is 1.01. The summed E-state index contributed by atoms with van der Waals surface area (Å²) < 4.78 is 1.04. The summed E-state index contributed by atoms with van der Waals surface area (Å²) in [6.07, 6.45) is 2.10. The van der Waals surface area contributed by atoms with Crippen molar-refractivity contribution in [3.63, 3.8) is 0 Å². The molecule has 0 radical (unpaired) electrons. The Morgan fingerprint density at radius 2 is 2.03 bits per heavy atom. The average Bonchev–Trinajstić information content (AvgIpc) is 3.23. The fourth-order valence-corrected chi connectivity index (χ4v) is 6.03. The van der Waals surface area contributed by atoms with E-state index in [9.17, 15) is 9.59 Å². The zero-order valence-corrected chi connectivity index (χ0v) is 20.7. The van der Waals surface area contributed by atoms with Gasteiger partial charge in [0.1, 0.15) is 0 Å². The lowest BCUT2D eigenvalue weighted by Crippen LogP contribution is -2.57. The number of thiazole rings is 1. The Labute approximate surface area is 207 Å². The Hall–Kier alpha value is -3.10. The molecule has 1 saturated heterocycles. The molecule has 1 fully saturated rings. The summed E-state index contributed by atoms with van der Waals surface area (Å²) in [6.45, 7) is 7.87. The number of carbonyl (C=O) groups excluding carboxylic acids is 2. The van der Waals surface area contributed by atoms with Gasteiger partial charge in [-0.25, -0.2) is 4.98 Å². The molecule has 3 aromatic rings. The minimum atomic E-state index is -0.0947. The van der Waals surface area contributed by atoms with E-state index in [-0.39, 0.29) is 17.9 Å². The van der Waals surface area contributed by atoms with E-state index in [0.717, 1.165) is 45.6 Å². The second-order valence-corrected chi connectivity index (χ2v) is 10.3. The summed E-state index contributed by atoms with van der Waals surface area (Å²) in [4.78, 5) is 36.1. The van der Waals surface area contributed by atoms with Crippen molar-refractivity contribution in [2.45, 2.75) is 19.4 Å². The molecular formula is C25H26ClN5O2S. The van der Waals surface area contributed by atoms with Gasteiger partial charge in [0.2, 0.25) is 5.91 Å². The number of anilines is 2. The Morgan fingerprint density at radius 3 is 2.79 bits per heavy atom. The van der Waals surface area contributed by atoms with Crippen LogP contribution in [-0.2, 0) is 4.79 Å². The summed E-state index contributed by atoms with van der Waals surface area (Å²) in [5.74, 6) is -0.152. The highest BCUT2D eigenvalue weighted by atomic mass is 35.5. The molecule has 34 heavy (non-hydrogen) atoms. The van der Waals surface area contributed by atoms with Crippen LogP contribution in [0, 0.1) is 6.92 Å². The molecule has 3 heterocycles. The highest BCUT2D eigenvalue weighted by Crippen LogP contribution is 2.41. The van der Waals surface area contributed by atoms with Gasteiger partial charge < -0.3 is 20.4 Å². The summed E-state index contributed by atoms with van der Waals surface area (Å²) in [6, 6.07) is 7.78. The fourth-order valence-electron chi connectivity index (χ4n) is 4.94. The first kappa shape index (κ1) is 22.7. The maximum Gasteiger partial charge on any atom is 0.256 e. The topological polar surface area (TPSA) is 82.8 Å². The summed E-state index contributed by atoms with van der Waals surface area (Å²) >= 11 is 8.26. The maximum absolute atomic E-state index is 13.7. The van der Waals surface area contributed by atoms with Crippen LogP contribution in [0.3, 0.4) is 0 Å². The molecule has 0 saturated carbocycles. The SMILES string of the molecule is C=CC(=O)N1CCN2C(=O)c3cc(Cl)c(-c4ccc(C)c5sc(N)nc45)cc3N(C)CC[C@H]2C1. The van der Waals surface area contributed by atoms with Gasteiger partial charge in [0.15, 0.2) is 5.13 Å². The van der Waals surface area contributed by atoms with Gasteiger partial charge in [-0.1, -0.05) is 41.6 Å². The number of amides is 2. The zero-order valence-electron chi connectivity index (χ0n) is 19.2. The maximum atomic E-state index is 13.7. The van der Waals surface area contributed by atoms with Crippen molar-refractivity contribution in [1.29, 1.82) is 0 Å². The zero-order chi connectivity index (χ0) is 24.1. The first-order chi connectivity index (χ1) is 16.3. The predicted molar refractivity (Wildman–Crippen MR) is 139 cm³/mol. The van der Waals surface area contributed by atoms with Crippen molar-refractivity contribution < 1.29 is 9.59 Å². The van der Waals surface area contributed by atoms with Crippen molar-refractivity contribution in [3.8, 4) is 11.1 Å². The number of aromatic nitrogens is 1. The second-order valence-electron chi connectivity index (χ2n) is 8.86. The molecule has 2 N–H and O–H groups in total. The van der Waals surface area contributed by atoms with Gasteiger partial charge in [0.05, 0.1) is 21.8 Å². The van der Waals surface area contributed by atoms with Crippen LogP contribution in [0.1, 0.15) is 22.3 Å². The number of halogens is 1. The molecule has 2 aliphatic rings. The number of carbonyl (C=O) groups is 2. The number of aryl methyl sites for hydroxylation is 1. The number of rotatable bonds is 2. The Balaban J connectivity index is 1.57. The van der Waals surface area contributed by atoms with Gasteiger partial charge in [-0.2, -0.15) is 0 Å². The molecule has 5 rings (SSSR count). The number of piperazine rings is 1. The number of nitrogens with zero attached hydrogens (tertiary/aromatic N) is 4. The quantitative estimate of drug-likeness (QED) is 0.539. The van der Waals surface area contributed by atoms with E-state index >= 15 is 0 Å². The Bertz CT molecular complexity index is 1340. The van der Waals surface area contributed by atoms with Gasteiger partial charge in [0.25, 0.3) is 5.91 Å². The Morgan fingerprint density at radius 1 is 1.24 bits per heavy atom. The van der Waals surface area contributed by atoms with Crippen LogP contribution >= 0.6 is 22.9 Å². The van der Waals surface area contributed by atoms with Gasteiger partial charge in [-0.05, 0) is 37.1 Å². The molecule has 9 heteroatoms. The molecule has 7 nitrogen and oxygen atoms in total. The van der Waals surface area contributed by atoms with E-state index in [4.69, 9.17) is 17.3 Å². The molecule has 0 spiro atoms. The van der Waals surface area contributed by atoms with Crippen LogP contribution in [0.5, 0.6) is 0 Å². The van der Waals surface area contributed by atoms with Crippen LogP contribution in [0.2, 0.25) is 5.02 Å². The second kappa shape index (κ2) is 8.60. The molecule has 0 unspecified atom stereocenters. The van der Waals surface area contributed by atoms with Crippen LogP contribution in [0.25, 0.3) is 21.3 Å². The van der Waals surface area contributed by atoms with Gasteiger partial charge >= 0.3 is 0 Å². The smallest absolute Gasteiger partial charge is 0.256 e. The minimum absolute atomic E-state index is 0.0473. The average molecular weight is 496 g/mol. The molecule has 2 aromatic carbocycles. The number of benzene rings is 2. The van der Waals surface area contributed by atoms with Crippen molar-refractivity contribution in [1.82, 2.24) is 14.8 Å². The van der Waals surface area contributed by atoms with E-state index in [1.807, 2.05) is 37.1 Å². The van der Waals surface area contributed by atoms with Gasteiger partial charge in [-0.3, -0.25) is 9.59 Å². The number of nitrogens with two attached hydrogens (primary N) is 1. The molecule has 0 aliphatic carbocycles. The highest BCUT2D eigenvalue weighted by Gasteiger charge is 2.35. The monoisotopic (exact) mass is 495 g/mol. The third-order valence-corrected chi connectivity index (χ3v) is 8.13. The van der Waals surface area contributed by atoms with E-state index in [1.165, 1.54) is 17.4 Å². The number of nitrogen functional groups attached to an aromatic ring is 1. The van der Waals surface area contributed by atoms with E-state index < -0.39 is 0 Å². The van der Waals surface area contributed by atoms with E-state index in [0.29, 0.717) is 35.4 Å². The lowest BCUT2D eigenvalue weighted by Gasteiger charge is -2.43. The fraction of sp³-hybridized carbons (Fsp3) is 0.320. The number of fused-ring (bicyclic) bond motifs is 3. The third kappa shape index (κ3) is 3.71. The minimum Gasteiger partial charge on any atom is -0.375 e. The molecule has 2 aliphatic heterocycles. The first-order valence-electron chi connectivity index (χ1n) is 11.2. The number of hydrogen-bond donors (Lipinski definition) is 1.